The highest BCUT2D eigenvalue weighted by atomic mass is 16.7. The Hall–Kier alpha value is -1.26. The van der Waals surface area contributed by atoms with Gasteiger partial charge >= 0.3 is 0 Å². The molecule has 2 heterocycles. The molecule has 1 aromatic carbocycles. The topological polar surface area (TPSA) is 30.9 Å². The number of hydrogen-bond acceptors (Lipinski definition) is 4. The molecule has 0 saturated carbocycles. The highest BCUT2D eigenvalue weighted by Gasteiger charge is 2.40. The Balaban J connectivity index is 1.74. The van der Waals surface area contributed by atoms with E-state index < -0.39 is 0 Å². The second kappa shape index (κ2) is 5.02. The Morgan fingerprint density at radius 2 is 1.84 bits per heavy atom. The fourth-order valence-corrected chi connectivity index (χ4v) is 2.92. The van der Waals surface area contributed by atoms with Gasteiger partial charge in [0, 0.05) is 25.9 Å². The number of hydrogen-bond donors (Lipinski definition) is 0. The van der Waals surface area contributed by atoms with Crippen molar-refractivity contribution in [3.05, 3.63) is 23.8 Å². The molecule has 4 heteroatoms. The summed E-state index contributed by atoms with van der Waals surface area (Å²) in [5.74, 6) is 0.637. The zero-order chi connectivity index (χ0) is 13.3. The molecule has 0 aromatic heterocycles. The number of aryl methyl sites for hydroxylation is 1. The summed E-state index contributed by atoms with van der Waals surface area (Å²) in [7, 11) is 1.73. The van der Waals surface area contributed by atoms with Crippen LogP contribution in [0.1, 0.15) is 18.4 Å². The summed E-state index contributed by atoms with van der Waals surface area (Å²) >= 11 is 0. The fourth-order valence-electron chi connectivity index (χ4n) is 2.92. The molecule has 0 unspecified atom stereocenters. The Kier molecular flexibility index (Phi) is 3.37. The predicted molar refractivity (Wildman–Crippen MR) is 73.8 cm³/mol. The van der Waals surface area contributed by atoms with E-state index in [-0.39, 0.29) is 5.79 Å². The maximum atomic E-state index is 5.76. The molecule has 1 spiro atoms. The normalized spacial score (nSPS) is 21.9. The van der Waals surface area contributed by atoms with Crippen molar-refractivity contribution in [1.82, 2.24) is 0 Å². The molecule has 0 N–H and O–H groups in total. The third kappa shape index (κ3) is 2.42. The van der Waals surface area contributed by atoms with E-state index in [0.29, 0.717) is 0 Å². The van der Waals surface area contributed by atoms with E-state index in [1.807, 2.05) is 0 Å². The Morgan fingerprint density at radius 3 is 2.47 bits per heavy atom. The average Bonchev–Trinajstić information content (AvgIpc) is 2.88. The molecule has 1 aromatic rings. The lowest BCUT2D eigenvalue weighted by Gasteiger charge is -2.39. The summed E-state index contributed by atoms with van der Waals surface area (Å²) in [6.07, 6.45) is 1.84. The van der Waals surface area contributed by atoms with Crippen LogP contribution in [0.15, 0.2) is 18.2 Å². The van der Waals surface area contributed by atoms with Crippen LogP contribution in [0.5, 0.6) is 5.75 Å². The van der Waals surface area contributed by atoms with E-state index in [4.69, 9.17) is 14.2 Å². The van der Waals surface area contributed by atoms with E-state index in [0.717, 1.165) is 44.9 Å². The SMILES string of the molecule is COc1cc(C)ccc1N1CCC2(CC1)OCCO2. The molecule has 19 heavy (non-hydrogen) atoms. The summed E-state index contributed by atoms with van der Waals surface area (Å²) in [4.78, 5) is 2.36. The summed E-state index contributed by atoms with van der Waals surface area (Å²) in [6.45, 7) is 5.43. The smallest absolute Gasteiger partial charge is 0.171 e. The van der Waals surface area contributed by atoms with Crippen LogP contribution in [0, 0.1) is 6.92 Å². The van der Waals surface area contributed by atoms with Crippen LogP contribution in [-0.4, -0.2) is 39.2 Å². The van der Waals surface area contributed by atoms with E-state index >= 15 is 0 Å². The molecule has 0 amide bonds. The standard InChI is InChI=1S/C15H21NO3/c1-12-3-4-13(14(11-12)17-2)16-7-5-15(6-8-16)18-9-10-19-15/h3-4,11H,5-10H2,1-2H3. The van der Waals surface area contributed by atoms with Gasteiger partial charge in [0.1, 0.15) is 5.75 Å². The van der Waals surface area contributed by atoms with E-state index in [1.165, 1.54) is 11.3 Å². The van der Waals surface area contributed by atoms with Crippen LogP contribution in [0.2, 0.25) is 0 Å². The number of methoxy groups -OCH3 is 1. The van der Waals surface area contributed by atoms with Gasteiger partial charge < -0.3 is 19.1 Å². The van der Waals surface area contributed by atoms with Crippen LogP contribution >= 0.6 is 0 Å². The van der Waals surface area contributed by atoms with Crippen LogP contribution in [0.4, 0.5) is 5.69 Å². The molecule has 2 aliphatic rings. The first-order chi connectivity index (χ1) is 9.22. The molecular weight excluding hydrogens is 242 g/mol. The van der Waals surface area contributed by atoms with Gasteiger partial charge in [0.25, 0.3) is 0 Å². The molecule has 4 nitrogen and oxygen atoms in total. The van der Waals surface area contributed by atoms with Crippen molar-refractivity contribution < 1.29 is 14.2 Å². The third-order valence-corrected chi connectivity index (χ3v) is 4.01. The largest absolute Gasteiger partial charge is 0.495 e. The number of ether oxygens (including phenoxy) is 3. The number of anilines is 1. The maximum Gasteiger partial charge on any atom is 0.171 e. The van der Waals surface area contributed by atoms with Crippen molar-refractivity contribution in [3.63, 3.8) is 0 Å². The number of nitrogens with zero attached hydrogens (tertiary/aromatic N) is 1. The maximum absolute atomic E-state index is 5.76. The summed E-state index contributed by atoms with van der Waals surface area (Å²) in [6, 6.07) is 6.36. The van der Waals surface area contributed by atoms with Gasteiger partial charge in [-0.3, -0.25) is 0 Å². The molecule has 0 atom stereocenters. The van der Waals surface area contributed by atoms with Gasteiger partial charge in [-0.2, -0.15) is 0 Å². The summed E-state index contributed by atoms with van der Waals surface area (Å²) in [5, 5.41) is 0. The van der Waals surface area contributed by atoms with Crippen molar-refractivity contribution in [3.8, 4) is 5.75 Å². The minimum atomic E-state index is -0.311. The van der Waals surface area contributed by atoms with Crippen molar-refractivity contribution in [2.24, 2.45) is 0 Å². The minimum absolute atomic E-state index is 0.311. The highest BCUT2D eigenvalue weighted by molar-refractivity contribution is 5.60. The molecule has 2 fully saturated rings. The van der Waals surface area contributed by atoms with E-state index in [1.54, 1.807) is 7.11 Å². The van der Waals surface area contributed by atoms with Gasteiger partial charge in [-0.05, 0) is 24.6 Å². The zero-order valence-corrected chi connectivity index (χ0v) is 11.6. The van der Waals surface area contributed by atoms with Gasteiger partial charge in [-0.25, -0.2) is 0 Å². The zero-order valence-electron chi connectivity index (χ0n) is 11.6. The molecule has 2 aliphatic heterocycles. The number of piperidine rings is 1. The van der Waals surface area contributed by atoms with Crippen LogP contribution in [-0.2, 0) is 9.47 Å². The summed E-state index contributed by atoms with van der Waals surface area (Å²) < 4.78 is 17.0. The highest BCUT2D eigenvalue weighted by Crippen LogP contribution is 2.36. The van der Waals surface area contributed by atoms with Crippen molar-refractivity contribution in [1.29, 1.82) is 0 Å². The Labute approximate surface area is 114 Å². The van der Waals surface area contributed by atoms with Gasteiger partial charge in [-0.1, -0.05) is 6.07 Å². The van der Waals surface area contributed by atoms with E-state index in [9.17, 15) is 0 Å². The Morgan fingerprint density at radius 1 is 1.16 bits per heavy atom. The lowest BCUT2D eigenvalue weighted by molar-refractivity contribution is -0.169. The molecular formula is C15H21NO3. The van der Waals surface area contributed by atoms with Crippen molar-refractivity contribution in [2.75, 3.05) is 38.3 Å². The molecule has 3 rings (SSSR count). The monoisotopic (exact) mass is 263 g/mol. The first kappa shape index (κ1) is 12.8. The minimum Gasteiger partial charge on any atom is -0.495 e. The van der Waals surface area contributed by atoms with Gasteiger partial charge in [0.05, 0.1) is 26.0 Å². The van der Waals surface area contributed by atoms with Crippen LogP contribution in [0.25, 0.3) is 0 Å². The molecule has 0 aliphatic carbocycles. The van der Waals surface area contributed by atoms with Gasteiger partial charge in [0.2, 0.25) is 0 Å². The first-order valence-corrected chi connectivity index (χ1v) is 6.90. The lowest BCUT2D eigenvalue weighted by atomic mass is 10.0. The van der Waals surface area contributed by atoms with Crippen LogP contribution < -0.4 is 9.64 Å². The molecule has 0 bridgehead atoms. The molecule has 0 radical (unpaired) electrons. The van der Waals surface area contributed by atoms with Gasteiger partial charge in [-0.15, -0.1) is 0 Å². The lowest BCUT2D eigenvalue weighted by Crippen LogP contribution is -2.45. The van der Waals surface area contributed by atoms with Crippen molar-refractivity contribution in [2.45, 2.75) is 25.6 Å². The summed E-state index contributed by atoms with van der Waals surface area (Å²) in [5.41, 5.74) is 2.39. The quantitative estimate of drug-likeness (QED) is 0.819. The third-order valence-electron chi connectivity index (χ3n) is 4.01. The number of benzene rings is 1. The van der Waals surface area contributed by atoms with E-state index in [2.05, 4.69) is 30.0 Å². The second-order valence-electron chi connectivity index (χ2n) is 5.27. The second-order valence-corrected chi connectivity index (χ2v) is 5.27. The fraction of sp³-hybridized carbons (Fsp3) is 0.600. The number of rotatable bonds is 2. The van der Waals surface area contributed by atoms with Crippen LogP contribution in [0.3, 0.4) is 0 Å². The first-order valence-electron chi connectivity index (χ1n) is 6.90. The molecule has 2 saturated heterocycles. The Bertz CT molecular complexity index is 445. The van der Waals surface area contributed by atoms with Gasteiger partial charge in [0.15, 0.2) is 5.79 Å². The predicted octanol–water partition coefficient (Wildman–Crippen LogP) is 2.35. The average molecular weight is 263 g/mol. The molecule has 104 valence electrons. The van der Waals surface area contributed by atoms with Crippen molar-refractivity contribution >= 4 is 5.69 Å².